The Labute approximate surface area is 168 Å². The van der Waals surface area contributed by atoms with Gasteiger partial charge in [-0.2, -0.15) is 10.2 Å². The first kappa shape index (κ1) is 19.1. The number of rotatable bonds is 6. The third kappa shape index (κ3) is 4.29. The molecule has 0 unspecified atom stereocenters. The molecule has 0 amide bonds. The van der Waals surface area contributed by atoms with Gasteiger partial charge in [-0.15, -0.1) is 0 Å². The van der Waals surface area contributed by atoms with Crippen molar-refractivity contribution >= 4 is 5.88 Å². The number of hydrogen-bond acceptors (Lipinski definition) is 6. The van der Waals surface area contributed by atoms with Gasteiger partial charge in [-0.3, -0.25) is 4.90 Å². The summed E-state index contributed by atoms with van der Waals surface area (Å²) in [5.74, 6) is -0.106. The molecule has 0 bridgehead atoms. The zero-order valence-electron chi connectivity index (χ0n) is 15.8. The molecule has 148 valence electrons. The molecule has 0 spiro atoms. The van der Waals surface area contributed by atoms with Crippen LogP contribution in [-0.2, 0) is 4.74 Å². The predicted molar refractivity (Wildman–Crippen MR) is 107 cm³/mol. The Bertz CT molecular complexity index is 994. The molecule has 1 aliphatic heterocycles. The van der Waals surface area contributed by atoms with Gasteiger partial charge in [-0.05, 0) is 17.7 Å². The molecule has 1 aromatic heterocycles. The number of nitrogens with zero attached hydrogens (tertiary/aromatic N) is 3. The fourth-order valence-corrected chi connectivity index (χ4v) is 3.48. The second kappa shape index (κ2) is 8.86. The zero-order valence-corrected chi connectivity index (χ0v) is 15.8. The Balaban J connectivity index is 1.57. The van der Waals surface area contributed by atoms with E-state index in [-0.39, 0.29) is 29.1 Å². The van der Waals surface area contributed by atoms with Crippen molar-refractivity contribution in [2.24, 2.45) is 0 Å². The number of ether oxygens (including phenoxy) is 1. The summed E-state index contributed by atoms with van der Waals surface area (Å²) in [7, 11) is 0. The van der Waals surface area contributed by atoms with Crippen molar-refractivity contribution in [3.8, 4) is 17.5 Å². The molecule has 4 rings (SSSR count). The highest BCUT2D eigenvalue weighted by Gasteiger charge is 2.24. The molecule has 0 radical (unpaired) electrons. The molecule has 1 atom stereocenters. The quantitative estimate of drug-likeness (QED) is 0.687. The van der Waals surface area contributed by atoms with E-state index in [9.17, 15) is 9.65 Å². The van der Waals surface area contributed by atoms with E-state index in [4.69, 9.17) is 9.15 Å². The van der Waals surface area contributed by atoms with Crippen LogP contribution in [0.25, 0.3) is 11.5 Å². The van der Waals surface area contributed by atoms with Gasteiger partial charge >= 0.3 is 0 Å². The maximum absolute atomic E-state index is 14.1. The van der Waals surface area contributed by atoms with Crippen LogP contribution in [0.15, 0.2) is 59.0 Å². The van der Waals surface area contributed by atoms with Gasteiger partial charge < -0.3 is 14.5 Å². The van der Waals surface area contributed by atoms with Gasteiger partial charge in [-0.1, -0.05) is 42.5 Å². The molecule has 1 saturated heterocycles. The second-order valence-corrected chi connectivity index (χ2v) is 6.74. The van der Waals surface area contributed by atoms with E-state index < -0.39 is 5.82 Å². The average molecular weight is 392 g/mol. The van der Waals surface area contributed by atoms with Crippen molar-refractivity contribution in [2.45, 2.75) is 6.04 Å². The van der Waals surface area contributed by atoms with E-state index >= 15 is 0 Å². The minimum Gasteiger partial charge on any atom is -0.419 e. The largest absolute Gasteiger partial charge is 0.419 e. The maximum atomic E-state index is 14.1. The van der Waals surface area contributed by atoms with Crippen LogP contribution in [0, 0.1) is 17.1 Å². The third-order valence-corrected chi connectivity index (χ3v) is 4.96. The van der Waals surface area contributed by atoms with Gasteiger partial charge in [0.05, 0.1) is 24.8 Å². The summed E-state index contributed by atoms with van der Waals surface area (Å²) in [6, 6.07) is 18.5. The normalized spacial score (nSPS) is 15.6. The maximum Gasteiger partial charge on any atom is 0.233 e. The lowest BCUT2D eigenvalue weighted by Gasteiger charge is -2.34. The highest BCUT2D eigenvalue weighted by Crippen LogP contribution is 2.29. The van der Waals surface area contributed by atoms with Gasteiger partial charge in [0.1, 0.15) is 11.9 Å². The summed E-state index contributed by atoms with van der Waals surface area (Å²) >= 11 is 0. The average Bonchev–Trinajstić information content (AvgIpc) is 3.19. The van der Waals surface area contributed by atoms with E-state index in [1.165, 1.54) is 6.07 Å². The van der Waals surface area contributed by atoms with Crippen LogP contribution >= 0.6 is 0 Å². The van der Waals surface area contributed by atoms with E-state index in [1.54, 1.807) is 18.2 Å². The van der Waals surface area contributed by atoms with Crippen LogP contribution in [0.1, 0.15) is 17.3 Å². The fourth-order valence-electron chi connectivity index (χ4n) is 3.48. The second-order valence-electron chi connectivity index (χ2n) is 6.74. The first-order valence-electron chi connectivity index (χ1n) is 9.52. The fraction of sp³-hybridized carbons (Fsp3) is 0.273. The number of hydrogen-bond donors (Lipinski definition) is 1. The Hall–Kier alpha value is -3.21. The molecule has 3 aromatic rings. The molecule has 7 heteroatoms. The first-order chi connectivity index (χ1) is 14.3. The molecule has 0 saturated carbocycles. The van der Waals surface area contributed by atoms with Crippen LogP contribution in [0.2, 0.25) is 0 Å². The van der Waals surface area contributed by atoms with Crippen molar-refractivity contribution in [3.05, 3.63) is 71.7 Å². The number of nitriles is 1. The predicted octanol–water partition coefficient (Wildman–Crippen LogP) is 3.84. The number of morpholine rings is 1. The van der Waals surface area contributed by atoms with Crippen LogP contribution in [0.3, 0.4) is 0 Å². The number of benzene rings is 2. The van der Waals surface area contributed by atoms with Gasteiger partial charge in [0.2, 0.25) is 17.5 Å². The van der Waals surface area contributed by atoms with Crippen LogP contribution in [0.5, 0.6) is 0 Å². The summed E-state index contributed by atoms with van der Waals surface area (Å²) < 4.78 is 25.3. The van der Waals surface area contributed by atoms with Crippen LogP contribution in [0.4, 0.5) is 10.3 Å². The summed E-state index contributed by atoms with van der Waals surface area (Å²) in [4.78, 5) is 6.50. The van der Waals surface area contributed by atoms with Gasteiger partial charge in [0, 0.05) is 19.6 Å². The van der Waals surface area contributed by atoms with Gasteiger partial charge in [0.25, 0.3) is 0 Å². The number of halogens is 1. The first-order valence-corrected chi connectivity index (χ1v) is 9.52. The lowest BCUT2D eigenvalue weighted by molar-refractivity contribution is 0.0186. The third-order valence-electron chi connectivity index (χ3n) is 4.96. The lowest BCUT2D eigenvalue weighted by Crippen LogP contribution is -2.41. The Morgan fingerprint density at radius 1 is 1.10 bits per heavy atom. The lowest BCUT2D eigenvalue weighted by atomic mass is 10.0. The molecule has 1 aliphatic rings. The SMILES string of the molecule is N#Cc1nc(-c2ccccc2F)oc1NC[C@H](c1ccccc1)N1CCOCC1. The smallest absolute Gasteiger partial charge is 0.233 e. The molecule has 2 heterocycles. The molecule has 1 N–H and O–H groups in total. The monoisotopic (exact) mass is 392 g/mol. The van der Waals surface area contributed by atoms with Crippen molar-refractivity contribution in [1.82, 2.24) is 9.88 Å². The number of oxazole rings is 1. The number of aromatic nitrogens is 1. The summed E-state index contributed by atoms with van der Waals surface area (Å²) in [6.45, 7) is 3.54. The Kier molecular flexibility index (Phi) is 5.84. The van der Waals surface area contributed by atoms with Crippen molar-refractivity contribution < 1.29 is 13.5 Å². The molecular weight excluding hydrogens is 371 g/mol. The van der Waals surface area contributed by atoms with E-state index in [0.29, 0.717) is 19.8 Å². The highest BCUT2D eigenvalue weighted by atomic mass is 19.1. The van der Waals surface area contributed by atoms with Gasteiger partial charge in [-0.25, -0.2) is 4.39 Å². The van der Waals surface area contributed by atoms with Crippen molar-refractivity contribution in [3.63, 3.8) is 0 Å². The molecule has 1 fully saturated rings. The topological polar surface area (TPSA) is 74.3 Å². The minimum absolute atomic E-state index is 0.0775. The highest BCUT2D eigenvalue weighted by molar-refractivity contribution is 5.59. The summed E-state index contributed by atoms with van der Waals surface area (Å²) in [6.07, 6.45) is 0. The Morgan fingerprint density at radius 3 is 2.55 bits per heavy atom. The zero-order chi connectivity index (χ0) is 20.1. The number of anilines is 1. The van der Waals surface area contributed by atoms with E-state index in [0.717, 1.165) is 18.7 Å². The van der Waals surface area contributed by atoms with Gasteiger partial charge in [0.15, 0.2) is 0 Å². The van der Waals surface area contributed by atoms with E-state index in [1.807, 2.05) is 24.3 Å². The number of nitrogens with one attached hydrogen (secondary N) is 1. The molecule has 2 aromatic carbocycles. The standard InChI is InChI=1S/C22H21FN4O2/c23-18-9-5-4-8-17(18)21-26-19(14-24)22(29-21)25-15-20(16-6-2-1-3-7-16)27-10-12-28-13-11-27/h1-9,20,25H,10-13,15H2/t20-/m1/s1. The Morgan fingerprint density at radius 2 is 1.83 bits per heavy atom. The summed E-state index contributed by atoms with van der Waals surface area (Å²) in [5.41, 5.74) is 1.50. The summed E-state index contributed by atoms with van der Waals surface area (Å²) in [5, 5.41) is 12.7. The van der Waals surface area contributed by atoms with Crippen molar-refractivity contribution in [2.75, 3.05) is 38.2 Å². The van der Waals surface area contributed by atoms with E-state index in [2.05, 4.69) is 27.3 Å². The van der Waals surface area contributed by atoms with Crippen LogP contribution in [-0.4, -0.2) is 42.7 Å². The van der Waals surface area contributed by atoms with Crippen molar-refractivity contribution in [1.29, 1.82) is 5.26 Å². The molecule has 0 aliphatic carbocycles. The molecule has 29 heavy (non-hydrogen) atoms. The minimum atomic E-state index is -0.444. The molecule has 6 nitrogen and oxygen atoms in total. The molecular formula is C22H21FN4O2. The van der Waals surface area contributed by atoms with Crippen LogP contribution < -0.4 is 5.32 Å².